The molecule has 0 bridgehead atoms. The number of carbonyl (C=O) groups excluding carboxylic acids is 1. The summed E-state index contributed by atoms with van der Waals surface area (Å²) in [7, 11) is -2.31. The Morgan fingerprint density at radius 2 is 1.83 bits per heavy atom. The first kappa shape index (κ1) is 24.8. The van der Waals surface area contributed by atoms with E-state index in [1.165, 1.54) is 4.31 Å². The molecule has 0 saturated heterocycles. The van der Waals surface area contributed by atoms with Crippen LogP contribution in [0.4, 0.5) is 5.69 Å². The lowest BCUT2D eigenvalue weighted by Crippen LogP contribution is -2.43. The number of rotatable bonds is 8. The maximum absolute atomic E-state index is 13.7. The maximum Gasteiger partial charge on any atom is 0.264 e. The summed E-state index contributed by atoms with van der Waals surface area (Å²) < 4.78 is 34.1. The second-order valence-electron chi connectivity index (χ2n) is 8.88. The van der Waals surface area contributed by atoms with Gasteiger partial charge in [0.1, 0.15) is 12.3 Å². The van der Waals surface area contributed by atoms with E-state index in [0.717, 1.165) is 47.3 Å². The van der Waals surface area contributed by atoms with Gasteiger partial charge in [0.25, 0.3) is 10.0 Å². The Bertz CT molecular complexity index is 1300. The van der Waals surface area contributed by atoms with Gasteiger partial charge in [0.05, 0.1) is 23.7 Å². The van der Waals surface area contributed by atoms with Gasteiger partial charge in [-0.1, -0.05) is 48.9 Å². The molecule has 3 aromatic rings. The zero-order chi connectivity index (χ0) is 25.0. The van der Waals surface area contributed by atoms with Crippen molar-refractivity contribution in [3.05, 3.63) is 89.0 Å². The first-order valence-electron chi connectivity index (χ1n) is 12.0. The Morgan fingerprint density at radius 1 is 1.09 bits per heavy atom. The number of carbonyl (C=O) groups is 1. The van der Waals surface area contributed by atoms with E-state index in [0.29, 0.717) is 12.1 Å². The Morgan fingerprint density at radius 3 is 2.54 bits per heavy atom. The van der Waals surface area contributed by atoms with Crippen molar-refractivity contribution in [2.45, 2.75) is 50.5 Å². The highest BCUT2D eigenvalue weighted by Gasteiger charge is 2.30. The van der Waals surface area contributed by atoms with Gasteiger partial charge in [-0.15, -0.1) is 0 Å². The Hall–Kier alpha value is -3.32. The van der Waals surface area contributed by atoms with Crippen molar-refractivity contribution in [2.75, 3.05) is 18.0 Å². The summed E-state index contributed by atoms with van der Waals surface area (Å²) in [6, 6.07) is 19.8. The lowest BCUT2D eigenvalue weighted by molar-refractivity contribution is -0.120. The third-order valence-electron chi connectivity index (χ3n) is 6.54. The second kappa shape index (κ2) is 10.5. The average molecular weight is 493 g/mol. The van der Waals surface area contributed by atoms with Gasteiger partial charge < -0.3 is 10.1 Å². The van der Waals surface area contributed by atoms with Crippen LogP contribution in [0.1, 0.15) is 48.1 Å². The van der Waals surface area contributed by atoms with Crippen molar-refractivity contribution in [2.24, 2.45) is 0 Å². The van der Waals surface area contributed by atoms with Crippen LogP contribution in [0, 0.1) is 6.92 Å². The second-order valence-corrected chi connectivity index (χ2v) is 10.7. The summed E-state index contributed by atoms with van der Waals surface area (Å²) in [5, 5.41) is 3.10. The molecule has 0 fully saturated rings. The van der Waals surface area contributed by atoms with Gasteiger partial charge >= 0.3 is 0 Å². The predicted molar refractivity (Wildman–Crippen MR) is 138 cm³/mol. The highest BCUT2D eigenvalue weighted by atomic mass is 32.2. The number of methoxy groups -OCH3 is 1. The number of hydrogen-bond acceptors (Lipinski definition) is 4. The number of benzene rings is 3. The molecular formula is C28H32N2O4S. The van der Waals surface area contributed by atoms with E-state index in [-0.39, 0.29) is 23.4 Å². The topological polar surface area (TPSA) is 75.7 Å². The summed E-state index contributed by atoms with van der Waals surface area (Å²) in [5.41, 5.74) is 4.58. The number of ether oxygens (including phenoxy) is 1. The van der Waals surface area contributed by atoms with Crippen LogP contribution in [0.2, 0.25) is 0 Å². The first-order chi connectivity index (χ1) is 16.8. The van der Waals surface area contributed by atoms with Crippen molar-refractivity contribution in [3.8, 4) is 5.75 Å². The van der Waals surface area contributed by atoms with Crippen LogP contribution in [-0.4, -0.2) is 28.0 Å². The molecule has 1 aliphatic carbocycles. The largest absolute Gasteiger partial charge is 0.497 e. The van der Waals surface area contributed by atoms with Gasteiger partial charge in [0, 0.05) is 0 Å². The van der Waals surface area contributed by atoms with Gasteiger partial charge in [-0.25, -0.2) is 8.42 Å². The smallest absolute Gasteiger partial charge is 0.264 e. The number of nitrogens with one attached hydrogen (secondary N) is 1. The normalized spacial score (nSPS) is 15.2. The van der Waals surface area contributed by atoms with Crippen LogP contribution < -0.4 is 14.4 Å². The molecular weight excluding hydrogens is 460 g/mol. The Labute approximate surface area is 208 Å². The van der Waals surface area contributed by atoms with Crippen LogP contribution >= 0.6 is 0 Å². The summed E-state index contributed by atoms with van der Waals surface area (Å²) in [6.45, 7) is 3.59. The van der Waals surface area contributed by atoms with Crippen molar-refractivity contribution in [1.29, 1.82) is 0 Å². The predicted octanol–water partition coefficient (Wildman–Crippen LogP) is 4.96. The summed E-state index contributed by atoms with van der Waals surface area (Å²) in [6.07, 6.45) is 3.32. The molecule has 1 amide bonds. The minimum atomic E-state index is -3.95. The molecule has 0 aromatic heterocycles. The van der Waals surface area contributed by atoms with Gasteiger partial charge in [-0.2, -0.15) is 0 Å². The van der Waals surface area contributed by atoms with E-state index in [4.69, 9.17) is 4.74 Å². The molecule has 7 heteroatoms. The molecule has 35 heavy (non-hydrogen) atoms. The molecule has 0 saturated carbocycles. The SMILES string of the molecule is CCc1ccccc1N(CC(=O)NC1CCCc2cc(OC)ccc21)S(=O)(=O)c1ccc(C)cc1. The lowest BCUT2D eigenvalue weighted by atomic mass is 9.87. The zero-order valence-electron chi connectivity index (χ0n) is 20.5. The third-order valence-corrected chi connectivity index (χ3v) is 8.31. The van der Waals surface area contributed by atoms with Crippen molar-refractivity contribution < 1.29 is 17.9 Å². The van der Waals surface area contributed by atoms with Crippen molar-refractivity contribution >= 4 is 21.6 Å². The van der Waals surface area contributed by atoms with E-state index in [1.54, 1.807) is 43.5 Å². The van der Waals surface area contributed by atoms with E-state index < -0.39 is 10.0 Å². The van der Waals surface area contributed by atoms with E-state index in [2.05, 4.69) is 5.32 Å². The molecule has 1 unspecified atom stereocenters. The highest BCUT2D eigenvalue weighted by Crippen LogP contribution is 2.33. The molecule has 0 radical (unpaired) electrons. The molecule has 0 aliphatic heterocycles. The molecule has 4 rings (SSSR count). The third kappa shape index (κ3) is 5.35. The lowest BCUT2D eigenvalue weighted by Gasteiger charge is -2.29. The number of hydrogen-bond donors (Lipinski definition) is 1. The van der Waals surface area contributed by atoms with E-state index in [1.807, 2.05) is 44.2 Å². The number of aryl methyl sites for hydroxylation is 3. The summed E-state index contributed by atoms with van der Waals surface area (Å²) >= 11 is 0. The molecule has 6 nitrogen and oxygen atoms in total. The quantitative estimate of drug-likeness (QED) is 0.483. The number of nitrogens with zero attached hydrogens (tertiary/aromatic N) is 1. The van der Waals surface area contributed by atoms with Crippen LogP contribution in [0.15, 0.2) is 71.6 Å². The van der Waals surface area contributed by atoms with Crippen molar-refractivity contribution in [3.63, 3.8) is 0 Å². The fraction of sp³-hybridized carbons (Fsp3) is 0.321. The molecule has 184 valence electrons. The van der Waals surface area contributed by atoms with Gasteiger partial charge in [0.15, 0.2) is 0 Å². The summed E-state index contributed by atoms with van der Waals surface area (Å²) in [5.74, 6) is 0.461. The molecule has 1 N–H and O–H groups in total. The minimum absolute atomic E-state index is 0.164. The molecule has 1 aliphatic rings. The fourth-order valence-corrected chi connectivity index (χ4v) is 6.09. The van der Waals surface area contributed by atoms with Crippen LogP contribution in [0.25, 0.3) is 0 Å². The standard InChI is InChI=1S/C28H32N2O4S/c1-4-21-8-5-6-11-27(21)30(35(32,33)24-15-12-20(2)13-16-24)19-28(31)29-26-10-7-9-22-18-23(34-3)14-17-25(22)26/h5-6,8,11-18,26H,4,7,9-10,19H2,1-3H3,(H,29,31). The molecule has 0 heterocycles. The van der Waals surface area contributed by atoms with E-state index >= 15 is 0 Å². The molecule has 1 atom stereocenters. The summed E-state index contributed by atoms with van der Waals surface area (Å²) in [4.78, 5) is 13.5. The van der Waals surface area contributed by atoms with Gasteiger partial charge in [-0.3, -0.25) is 9.10 Å². The van der Waals surface area contributed by atoms with Crippen LogP contribution in [0.5, 0.6) is 5.75 Å². The average Bonchev–Trinajstić information content (AvgIpc) is 2.87. The first-order valence-corrected chi connectivity index (χ1v) is 13.4. The number of amides is 1. The van der Waals surface area contributed by atoms with Gasteiger partial charge in [-0.05, 0) is 79.6 Å². The zero-order valence-corrected chi connectivity index (χ0v) is 21.3. The van der Waals surface area contributed by atoms with Crippen molar-refractivity contribution in [1.82, 2.24) is 5.32 Å². The molecule has 3 aromatic carbocycles. The number of sulfonamides is 1. The van der Waals surface area contributed by atoms with E-state index in [9.17, 15) is 13.2 Å². The Kier molecular flexibility index (Phi) is 7.45. The van der Waals surface area contributed by atoms with Gasteiger partial charge in [0.2, 0.25) is 5.91 Å². The number of fused-ring (bicyclic) bond motifs is 1. The number of anilines is 1. The monoisotopic (exact) mass is 492 g/mol. The minimum Gasteiger partial charge on any atom is -0.497 e. The van der Waals surface area contributed by atoms with Crippen LogP contribution in [-0.2, 0) is 27.7 Å². The highest BCUT2D eigenvalue weighted by molar-refractivity contribution is 7.92. The maximum atomic E-state index is 13.7. The Balaban J connectivity index is 1.64. The number of para-hydroxylation sites is 1. The fourth-order valence-electron chi connectivity index (χ4n) is 4.63. The van der Waals surface area contributed by atoms with Crippen LogP contribution in [0.3, 0.4) is 0 Å². The molecule has 0 spiro atoms.